The van der Waals surface area contributed by atoms with Crippen molar-refractivity contribution in [2.24, 2.45) is 14.1 Å². The van der Waals surface area contributed by atoms with Crippen molar-refractivity contribution in [2.75, 3.05) is 13.2 Å². The number of rotatable bonds is 3. The SMILES string of the molecule is Cn1c(CNC2(C)CCOCC2)cc(=O)n(C)c1=O. The molecule has 0 atom stereocenters. The Morgan fingerprint density at radius 3 is 2.53 bits per heavy atom. The van der Waals surface area contributed by atoms with E-state index in [2.05, 4.69) is 12.2 Å². The van der Waals surface area contributed by atoms with Crippen molar-refractivity contribution in [3.8, 4) is 0 Å². The Balaban J connectivity index is 2.16. The van der Waals surface area contributed by atoms with Gasteiger partial charge in [0.15, 0.2) is 0 Å². The van der Waals surface area contributed by atoms with Crippen LogP contribution in [0.2, 0.25) is 0 Å². The van der Waals surface area contributed by atoms with Crippen molar-refractivity contribution < 1.29 is 4.74 Å². The molecule has 1 fully saturated rings. The zero-order chi connectivity index (χ0) is 14.0. The van der Waals surface area contributed by atoms with Crippen molar-refractivity contribution >= 4 is 0 Å². The maximum Gasteiger partial charge on any atom is 0.330 e. The van der Waals surface area contributed by atoms with E-state index >= 15 is 0 Å². The fourth-order valence-corrected chi connectivity index (χ4v) is 2.25. The highest BCUT2D eigenvalue weighted by Crippen LogP contribution is 2.19. The second-order valence-electron chi connectivity index (χ2n) is 5.40. The van der Waals surface area contributed by atoms with Crippen LogP contribution in [0.5, 0.6) is 0 Å². The lowest BCUT2D eigenvalue weighted by atomic mass is 9.92. The summed E-state index contributed by atoms with van der Waals surface area (Å²) >= 11 is 0. The fourth-order valence-electron chi connectivity index (χ4n) is 2.25. The van der Waals surface area contributed by atoms with Gasteiger partial charge in [-0.05, 0) is 19.8 Å². The van der Waals surface area contributed by atoms with Crippen LogP contribution < -0.4 is 16.6 Å². The van der Waals surface area contributed by atoms with Gasteiger partial charge in [-0.3, -0.25) is 13.9 Å². The molecule has 0 radical (unpaired) electrons. The van der Waals surface area contributed by atoms with E-state index in [-0.39, 0.29) is 16.8 Å². The van der Waals surface area contributed by atoms with Gasteiger partial charge in [0, 0.05) is 51.2 Å². The minimum absolute atomic E-state index is 0.00930. The third kappa shape index (κ3) is 2.96. The van der Waals surface area contributed by atoms with Crippen LogP contribution in [0.25, 0.3) is 0 Å². The van der Waals surface area contributed by atoms with Gasteiger partial charge in [-0.2, -0.15) is 0 Å². The molecule has 106 valence electrons. The van der Waals surface area contributed by atoms with Gasteiger partial charge >= 0.3 is 5.69 Å². The minimum Gasteiger partial charge on any atom is -0.381 e. The third-order valence-electron chi connectivity index (χ3n) is 3.92. The lowest BCUT2D eigenvalue weighted by Crippen LogP contribution is -2.47. The Labute approximate surface area is 112 Å². The standard InChI is InChI=1S/C13H21N3O3/c1-13(4-6-19-7-5-13)14-9-10-8-11(17)16(3)12(18)15(10)2/h8,14H,4-7,9H2,1-3H3. The molecule has 0 amide bonds. The van der Waals surface area contributed by atoms with Gasteiger partial charge < -0.3 is 10.1 Å². The van der Waals surface area contributed by atoms with Gasteiger partial charge in [0.1, 0.15) is 0 Å². The van der Waals surface area contributed by atoms with Crippen molar-refractivity contribution in [2.45, 2.75) is 31.8 Å². The first-order valence-corrected chi connectivity index (χ1v) is 6.52. The quantitative estimate of drug-likeness (QED) is 0.819. The number of hydrogen-bond acceptors (Lipinski definition) is 4. The molecule has 0 spiro atoms. The summed E-state index contributed by atoms with van der Waals surface area (Å²) in [6.45, 7) is 4.16. The molecule has 2 rings (SSSR count). The van der Waals surface area contributed by atoms with E-state index in [0.717, 1.165) is 30.6 Å². The number of nitrogens with one attached hydrogen (secondary N) is 1. The fraction of sp³-hybridized carbons (Fsp3) is 0.692. The minimum atomic E-state index is -0.290. The van der Waals surface area contributed by atoms with Crippen LogP contribution in [0.3, 0.4) is 0 Å². The average Bonchev–Trinajstić information content (AvgIpc) is 2.40. The monoisotopic (exact) mass is 267 g/mol. The summed E-state index contributed by atoms with van der Waals surface area (Å²) < 4.78 is 7.97. The van der Waals surface area contributed by atoms with Gasteiger partial charge in [-0.1, -0.05) is 0 Å². The summed E-state index contributed by atoms with van der Waals surface area (Å²) in [5.41, 5.74) is 0.161. The summed E-state index contributed by atoms with van der Waals surface area (Å²) in [7, 11) is 3.17. The maximum atomic E-state index is 11.8. The highest BCUT2D eigenvalue weighted by molar-refractivity contribution is 5.03. The van der Waals surface area contributed by atoms with Gasteiger partial charge in [0.05, 0.1) is 0 Å². The van der Waals surface area contributed by atoms with E-state index in [1.807, 2.05) is 0 Å². The van der Waals surface area contributed by atoms with Crippen molar-refractivity contribution in [1.29, 1.82) is 0 Å². The van der Waals surface area contributed by atoms with E-state index in [9.17, 15) is 9.59 Å². The topological polar surface area (TPSA) is 65.3 Å². The zero-order valence-electron chi connectivity index (χ0n) is 11.7. The summed E-state index contributed by atoms with van der Waals surface area (Å²) in [6, 6.07) is 1.51. The van der Waals surface area contributed by atoms with E-state index in [1.165, 1.54) is 17.7 Å². The van der Waals surface area contributed by atoms with Crippen molar-refractivity contribution in [3.05, 3.63) is 32.6 Å². The molecule has 0 saturated carbocycles. The van der Waals surface area contributed by atoms with Crippen molar-refractivity contribution in [3.63, 3.8) is 0 Å². The molecule has 19 heavy (non-hydrogen) atoms. The Bertz CT molecular complexity index is 567. The molecule has 2 heterocycles. The second kappa shape index (κ2) is 5.30. The first-order chi connectivity index (χ1) is 8.93. The second-order valence-corrected chi connectivity index (χ2v) is 5.40. The number of ether oxygens (including phenoxy) is 1. The van der Waals surface area contributed by atoms with E-state index in [1.54, 1.807) is 7.05 Å². The summed E-state index contributed by atoms with van der Waals surface area (Å²) in [6.07, 6.45) is 1.87. The first-order valence-electron chi connectivity index (χ1n) is 6.52. The zero-order valence-corrected chi connectivity index (χ0v) is 11.7. The van der Waals surface area contributed by atoms with Gasteiger partial charge in [0.2, 0.25) is 0 Å². The molecule has 0 aromatic carbocycles. The van der Waals surface area contributed by atoms with Crippen LogP contribution in [0.1, 0.15) is 25.5 Å². The van der Waals surface area contributed by atoms with Gasteiger partial charge in [0.25, 0.3) is 5.56 Å². The average molecular weight is 267 g/mol. The molecule has 1 aliphatic heterocycles. The largest absolute Gasteiger partial charge is 0.381 e. The lowest BCUT2D eigenvalue weighted by Gasteiger charge is -2.34. The van der Waals surface area contributed by atoms with Crippen LogP contribution in [-0.4, -0.2) is 27.9 Å². The molecule has 0 unspecified atom stereocenters. The molecule has 0 bridgehead atoms. The van der Waals surface area contributed by atoms with Gasteiger partial charge in [-0.25, -0.2) is 4.79 Å². The Morgan fingerprint density at radius 2 is 1.89 bits per heavy atom. The van der Waals surface area contributed by atoms with Crippen LogP contribution in [0.4, 0.5) is 0 Å². The highest BCUT2D eigenvalue weighted by Gasteiger charge is 2.26. The van der Waals surface area contributed by atoms with Crippen LogP contribution in [0, 0.1) is 0 Å². The molecule has 1 saturated heterocycles. The number of aromatic nitrogens is 2. The lowest BCUT2D eigenvalue weighted by molar-refractivity contribution is 0.0443. The van der Waals surface area contributed by atoms with Gasteiger partial charge in [-0.15, -0.1) is 0 Å². The number of nitrogens with zero attached hydrogens (tertiary/aromatic N) is 2. The first kappa shape index (κ1) is 14.0. The molecule has 0 aliphatic carbocycles. The van der Waals surface area contributed by atoms with Crippen LogP contribution in [0.15, 0.2) is 15.7 Å². The normalized spacial score (nSPS) is 18.5. The predicted octanol–water partition coefficient (Wildman–Crippen LogP) is -0.257. The summed E-state index contributed by atoms with van der Waals surface area (Å²) in [5, 5.41) is 3.44. The Morgan fingerprint density at radius 1 is 1.26 bits per heavy atom. The molecule has 1 aliphatic rings. The molecule has 1 N–H and O–H groups in total. The molecule has 6 heteroatoms. The maximum absolute atomic E-state index is 11.8. The van der Waals surface area contributed by atoms with E-state index in [4.69, 9.17) is 4.74 Å². The van der Waals surface area contributed by atoms with E-state index in [0.29, 0.717) is 12.2 Å². The Hall–Kier alpha value is -1.40. The summed E-state index contributed by atoms with van der Waals surface area (Å²) in [4.78, 5) is 23.5. The molecular weight excluding hydrogens is 246 g/mol. The smallest absolute Gasteiger partial charge is 0.330 e. The molecular formula is C13H21N3O3. The van der Waals surface area contributed by atoms with E-state index < -0.39 is 0 Å². The highest BCUT2D eigenvalue weighted by atomic mass is 16.5. The summed E-state index contributed by atoms with van der Waals surface area (Å²) in [5.74, 6) is 0. The Kier molecular flexibility index (Phi) is 3.91. The molecule has 1 aromatic heterocycles. The van der Waals surface area contributed by atoms with Crippen LogP contribution in [-0.2, 0) is 25.4 Å². The third-order valence-corrected chi connectivity index (χ3v) is 3.92. The molecule has 1 aromatic rings. The molecule has 6 nitrogen and oxygen atoms in total. The number of hydrogen-bond donors (Lipinski definition) is 1. The van der Waals surface area contributed by atoms with Crippen LogP contribution >= 0.6 is 0 Å². The predicted molar refractivity (Wildman–Crippen MR) is 72.2 cm³/mol. The van der Waals surface area contributed by atoms with Crippen molar-refractivity contribution in [1.82, 2.24) is 14.5 Å².